The summed E-state index contributed by atoms with van der Waals surface area (Å²) in [7, 11) is 0. The van der Waals surface area contributed by atoms with Crippen molar-refractivity contribution in [3.63, 3.8) is 0 Å². The van der Waals surface area contributed by atoms with Crippen molar-refractivity contribution in [1.82, 2.24) is 14.7 Å². The molecule has 144 valence electrons. The van der Waals surface area contributed by atoms with Gasteiger partial charge in [-0.3, -0.25) is 24.2 Å². The van der Waals surface area contributed by atoms with Gasteiger partial charge < -0.3 is 4.90 Å². The molecule has 2 aromatic carbocycles. The first-order valence-corrected chi connectivity index (χ1v) is 9.60. The molecule has 6 heteroatoms. The number of nitrogens with zero attached hydrogens (tertiary/aromatic N) is 3. The summed E-state index contributed by atoms with van der Waals surface area (Å²) in [5.74, 6) is -0.238. The van der Waals surface area contributed by atoms with Crippen LogP contribution in [0.2, 0.25) is 0 Å². The molecule has 0 saturated carbocycles. The quantitative estimate of drug-likeness (QED) is 0.762. The van der Waals surface area contributed by atoms with Gasteiger partial charge in [0.05, 0.1) is 19.0 Å². The molecule has 28 heavy (non-hydrogen) atoms. The minimum Gasteiger partial charge on any atom is -0.336 e. The van der Waals surface area contributed by atoms with E-state index in [1.54, 1.807) is 0 Å². The Morgan fingerprint density at radius 1 is 0.857 bits per heavy atom. The number of imide groups is 1. The number of benzene rings is 2. The molecule has 6 nitrogen and oxygen atoms in total. The van der Waals surface area contributed by atoms with Crippen LogP contribution in [0.25, 0.3) is 0 Å². The van der Waals surface area contributed by atoms with Crippen LogP contribution < -0.4 is 0 Å². The molecule has 0 unspecified atom stereocenters. The van der Waals surface area contributed by atoms with Crippen LogP contribution in [0.5, 0.6) is 0 Å². The Hall–Kier alpha value is -2.99. The van der Waals surface area contributed by atoms with Crippen molar-refractivity contribution >= 4 is 17.7 Å². The zero-order chi connectivity index (χ0) is 19.5. The Morgan fingerprint density at radius 2 is 1.46 bits per heavy atom. The number of amides is 3. The van der Waals surface area contributed by atoms with E-state index in [1.807, 2.05) is 70.5 Å². The van der Waals surface area contributed by atoms with Gasteiger partial charge in [-0.25, -0.2) is 0 Å². The van der Waals surface area contributed by atoms with Gasteiger partial charge in [0.2, 0.25) is 11.8 Å². The smallest absolute Gasteiger partial charge is 0.253 e. The molecule has 2 saturated heterocycles. The third-order valence-electron chi connectivity index (χ3n) is 5.47. The topological polar surface area (TPSA) is 60.9 Å². The first-order chi connectivity index (χ1) is 13.6. The predicted octanol–water partition coefficient (Wildman–Crippen LogP) is 1.77. The van der Waals surface area contributed by atoms with Gasteiger partial charge >= 0.3 is 0 Å². The molecule has 0 spiro atoms. The summed E-state index contributed by atoms with van der Waals surface area (Å²) in [4.78, 5) is 43.0. The maximum atomic E-state index is 12.8. The second-order valence-corrected chi connectivity index (χ2v) is 7.22. The lowest BCUT2D eigenvalue weighted by molar-refractivity contribution is -0.140. The summed E-state index contributed by atoms with van der Waals surface area (Å²) < 4.78 is 0. The summed E-state index contributed by atoms with van der Waals surface area (Å²) in [6, 6.07) is 18.4. The molecule has 2 aliphatic heterocycles. The summed E-state index contributed by atoms with van der Waals surface area (Å²) in [5.41, 5.74) is 1.63. The summed E-state index contributed by atoms with van der Waals surface area (Å²) >= 11 is 0. The highest BCUT2D eigenvalue weighted by Crippen LogP contribution is 2.22. The van der Waals surface area contributed by atoms with Gasteiger partial charge in [0, 0.05) is 31.7 Å². The minimum atomic E-state index is -0.412. The molecule has 1 atom stereocenters. The standard InChI is InChI=1S/C22H23N3O3/c26-20-15-19(22(28)25(20)16-17-7-3-1-4-8-17)23-11-13-24(14-12-23)21(27)18-9-5-2-6-10-18/h1-10,19H,11-16H2/t19-/m1/s1. The molecule has 2 fully saturated rings. The van der Waals surface area contributed by atoms with Crippen LogP contribution in [0.4, 0.5) is 0 Å². The predicted molar refractivity (Wildman–Crippen MR) is 104 cm³/mol. The molecule has 0 aliphatic carbocycles. The van der Waals surface area contributed by atoms with E-state index in [2.05, 4.69) is 0 Å². The first kappa shape index (κ1) is 18.4. The van der Waals surface area contributed by atoms with E-state index in [1.165, 1.54) is 4.90 Å². The maximum absolute atomic E-state index is 12.8. The zero-order valence-corrected chi connectivity index (χ0v) is 15.7. The fourth-order valence-corrected chi connectivity index (χ4v) is 3.88. The number of piperazine rings is 1. The average molecular weight is 377 g/mol. The molecule has 0 bridgehead atoms. The van der Waals surface area contributed by atoms with Crippen molar-refractivity contribution in [1.29, 1.82) is 0 Å². The lowest BCUT2D eigenvalue weighted by Crippen LogP contribution is -2.53. The highest BCUT2D eigenvalue weighted by Gasteiger charge is 2.42. The zero-order valence-electron chi connectivity index (χ0n) is 15.7. The third-order valence-corrected chi connectivity index (χ3v) is 5.47. The SMILES string of the molecule is O=C(c1ccccc1)N1CCN([C@@H]2CC(=O)N(Cc3ccccc3)C2=O)CC1. The van der Waals surface area contributed by atoms with E-state index >= 15 is 0 Å². The maximum Gasteiger partial charge on any atom is 0.253 e. The first-order valence-electron chi connectivity index (χ1n) is 9.60. The Bertz CT molecular complexity index is 861. The number of carbonyl (C=O) groups excluding carboxylic acids is 3. The molecule has 0 aromatic heterocycles. The molecule has 2 aromatic rings. The molecule has 2 aliphatic rings. The van der Waals surface area contributed by atoms with E-state index in [-0.39, 0.29) is 24.1 Å². The highest BCUT2D eigenvalue weighted by molar-refractivity contribution is 6.05. The minimum absolute atomic E-state index is 0.0137. The lowest BCUT2D eigenvalue weighted by Gasteiger charge is -2.37. The molecule has 0 N–H and O–H groups in total. The lowest BCUT2D eigenvalue weighted by atomic mass is 10.1. The molecule has 2 heterocycles. The van der Waals surface area contributed by atoms with E-state index in [0.717, 1.165) is 5.56 Å². The van der Waals surface area contributed by atoms with Crippen LogP contribution in [0, 0.1) is 0 Å². The third kappa shape index (κ3) is 3.68. The van der Waals surface area contributed by atoms with Crippen LogP contribution in [-0.2, 0) is 16.1 Å². The summed E-state index contributed by atoms with van der Waals surface area (Å²) in [6.45, 7) is 2.64. The Balaban J connectivity index is 1.36. The van der Waals surface area contributed by atoms with Crippen LogP contribution in [0.1, 0.15) is 22.3 Å². The van der Waals surface area contributed by atoms with E-state index in [9.17, 15) is 14.4 Å². The van der Waals surface area contributed by atoms with Crippen molar-refractivity contribution in [2.75, 3.05) is 26.2 Å². The molecule has 4 rings (SSSR count). The van der Waals surface area contributed by atoms with Crippen LogP contribution in [-0.4, -0.2) is 64.6 Å². The Kier molecular flexibility index (Phi) is 5.21. The molecule has 0 radical (unpaired) electrons. The second-order valence-electron chi connectivity index (χ2n) is 7.22. The van der Waals surface area contributed by atoms with E-state index in [4.69, 9.17) is 0 Å². The number of carbonyl (C=O) groups is 3. The van der Waals surface area contributed by atoms with Crippen LogP contribution in [0.3, 0.4) is 0 Å². The molecule has 3 amide bonds. The van der Waals surface area contributed by atoms with Crippen molar-refractivity contribution in [3.05, 3.63) is 71.8 Å². The number of hydrogen-bond donors (Lipinski definition) is 0. The molecular formula is C22H23N3O3. The fourth-order valence-electron chi connectivity index (χ4n) is 3.88. The second kappa shape index (κ2) is 7.94. The summed E-state index contributed by atoms with van der Waals surface area (Å²) in [5, 5.41) is 0. The van der Waals surface area contributed by atoms with E-state index in [0.29, 0.717) is 38.3 Å². The van der Waals surface area contributed by atoms with Gasteiger partial charge in [0.15, 0.2) is 0 Å². The van der Waals surface area contributed by atoms with Crippen molar-refractivity contribution in [2.24, 2.45) is 0 Å². The van der Waals surface area contributed by atoms with Gasteiger partial charge in [0.1, 0.15) is 0 Å². The number of rotatable bonds is 4. The highest BCUT2D eigenvalue weighted by atomic mass is 16.2. The number of likely N-dealkylation sites (tertiary alicyclic amines) is 1. The average Bonchev–Trinajstić information content (AvgIpc) is 3.03. The Morgan fingerprint density at radius 3 is 2.11 bits per heavy atom. The van der Waals surface area contributed by atoms with Crippen molar-refractivity contribution in [3.8, 4) is 0 Å². The normalized spacial score (nSPS) is 20.6. The van der Waals surface area contributed by atoms with Crippen LogP contribution in [0.15, 0.2) is 60.7 Å². The summed E-state index contributed by atoms with van der Waals surface area (Å²) in [6.07, 6.45) is 0.221. The largest absolute Gasteiger partial charge is 0.336 e. The fraction of sp³-hybridized carbons (Fsp3) is 0.318. The van der Waals surface area contributed by atoms with Crippen molar-refractivity contribution in [2.45, 2.75) is 19.0 Å². The number of hydrogen-bond acceptors (Lipinski definition) is 4. The molecular weight excluding hydrogens is 354 g/mol. The monoisotopic (exact) mass is 377 g/mol. The van der Waals surface area contributed by atoms with Crippen LogP contribution >= 0.6 is 0 Å². The Labute approximate surface area is 164 Å². The van der Waals surface area contributed by atoms with Gasteiger partial charge in [-0.15, -0.1) is 0 Å². The van der Waals surface area contributed by atoms with Gasteiger partial charge in [-0.1, -0.05) is 48.5 Å². The van der Waals surface area contributed by atoms with E-state index < -0.39 is 6.04 Å². The van der Waals surface area contributed by atoms with Gasteiger partial charge in [-0.05, 0) is 17.7 Å². The van der Waals surface area contributed by atoms with Crippen molar-refractivity contribution < 1.29 is 14.4 Å². The van der Waals surface area contributed by atoms with Gasteiger partial charge in [-0.2, -0.15) is 0 Å². The van der Waals surface area contributed by atoms with Gasteiger partial charge in [0.25, 0.3) is 5.91 Å².